The Kier molecular flexibility index (Phi) is 7.49. The van der Waals surface area contributed by atoms with Gasteiger partial charge in [-0.3, -0.25) is 9.59 Å². The van der Waals surface area contributed by atoms with Gasteiger partial charge in [0.05, 0.1) is 12.4 Å². The van der Waals surface area contributed by atoms with Crippen molar-refractivity contribution in [2.75, 3.05) is 18.9 Å². The van der Waals surface area contributed by atoms with Gasteiger partial charge in [0.2, 0.25) is 5.91 Å². The van der Waals surface area contributed by atoms with Crippen LogP contribution in [0.5, 0.6) is 0 Å². The van der Waals surface area contributed by atoms with E-state index < -0.39 is 6.04 Å². The first-order valence-electron chi connectivity index (χ1n) is 8.74. The normalized spacial score (nSPS) is 17.4. The summed E-state index contributed by atoms with van der Waals surface area (Å²) in [5.41, 5.74) is 0.513. The predicted octanol–water partition coefficient (Wildman–Crippen LogP) is 1.76. The number of H-pyrrole nitrogens is 1. The molecule has 0 radical (unpaired) electrons. The average molecular weight is 367 g/mol. The number of amides is 1. The number of nitrogens with one attached hydrogen (secondary N) is 1. The molecule has 25 heavy (non-hydrogen) atoms. The van der Waals surface area contributed by atoms with Gasteiger partial charge in [0.1, 0.15) is 6.04 Å². The van der Waals surface area contributed by atoms with Crippen LogP contribution in [-0.2, 0) is 20.7 Å². The van der Waals surface area contributed by atoms with Crippen LogP contribution in [0, 0.1) is 0 Å². The van der Waals surface area contributed by atoms with Gasteiger partial charge in [-0.05, 0) is 32.6 Å². The summed E-state index contributed by atoms with van der Waals surface area (Å²) in [5, 5.41) is 0.439. The molecule has 1 atom stereocenters. The molecule has 1 aliphatic heterocycles. The van der Waals surface area contributed by atoms with Crippen molar-refractivity contribution in [2.45, 2.75) is 57.1 Å². The van der Waals surface area contributed by atoms with E-state index in [0.29, 0.717) is 24.7 Å². The van der Waals surface area contributed by atoms with Crippen molar-refractivity contribution in [1.29, 1.82) is 0 Å². The van der Waals surface area contributed by atoms with Crippen molar-refractivity contribution < 1.29 is 14.3 Å². The van der Waals surface area contributed by atoms with Gasteiger partial charge in [0, 0.05) is 18.3 Å². The van der Waals surface area contributed by atoms with Crippen LogP contribution in [0.1, 0.15) is 45.2 Å². The first-order valence-corrected chi connectivity index (χ1v) is 9.72. The van der Waals surface area contributed by atoms with E-state index in [9.17, 15) is 14.4 Å². The highest BCUT2D eigenvalue weighted by Crippen LogP contribution is 2.21. The van der Waals surface area contributed by atoms with Gasteiger partial charge in [0.15, 0.2) is 5.16 Å². The standard InChI is InChI=1S/C17H25N3O4S/c1-3-7-12-10-14(21)19-17(18-12)25-11-15(22)20-9-6-5-8-13(20)16(23)24-4-2/h10,13H,3-9,11H2,1-2H3,(H,18,19,21)/t13-/m1/s1. The van der Waals surface area contributed by atoms with Crippen molar-refractivity contribution in [3.05, 3.63) is 22.1 Å². The molecule has 2 rings (SSSR count). The summed E-state index contributed by atoms with van der Waals surface area (Å²) in [6.07, 6.45) is 4.05. The van der Waals surface area contributed by atoms with Gasteiger partial charge in [-0.25, -0.2) is 9.78 Å². The van der Waals surface area contributed by atoms with Gasteiger partial charge in [-0.2, -0.15) is 0 Å². The number of nitrogens with zero attached hydrogens (tertiary/aromatic N) is 2. The Hall–Kier alpha value is -1.83. The lowest BCUT2D eigenvalue weighted by molar-refractivity contribution is -0.155. The number of hydrogen-bond donors (Lipinski definition) is 1. The molecule has 8 heteroatoms. The summed E-state index contributed by atoms with van der Waals surface area (Å²) in [6, 6.07) is 0.983. The number of ether oxygens (including phenoxy) is 1. The molecule has 2 heterocycles. The van der Waals surface area contributed by atoms with Crippen LogP contribution in [0.4, 0.5) is 0 Å². The third-order valence-corrected chi connectivity index (χ3v) is 4.85. The number of esters is 1. The molecule has 0 unspecified atom stereocenters. The fraction of sp³-hybridized carbons (Fsp3) is 0.647. The summed E-state index contributed by atoms with van der Waals surface area (Å²) in [4.78, 5) is 44.9. The van der Waals surface area contributed by atoms with Crippen LogP contribution in [0.3, 0.4) is 0 Å². The molecule has 1 fully saturated rings. The lowest BCUT2D eigenvalue weighted by Crippen LogP contribution is -2.49. The maximum Gasteiger partial charge on any atom is 0.328 e. The Bertz CT molecular complexity index is 662. The van der Waals surface area contributed by atoms with E-state index in [4.69, 9.17) is 4.74 Å². The van der Waals surface area contributed by atoms with Gasteiger partial charge in [-0.15, -0.1) is 0 Å². The molecule has 1 amide bonds. The summed E-state index contributed by atoms with van der Waals surface area (Å²) in [5.74, 6) is -0.336. The zero-order valence-corrected chi connectivity index (χ0v) is 15.6. The van der Waals surface area contributed by atoms with Crippen LogP contribution in [-0.4, -0.2) is 51.7 Å². The third-order valence-electron chi connectivity index (χ3n) is 3.99. The number of likely N-dealkylation sites (tertiary alicyclic amines) is 1. The minimum Gasteiger partial charge on any atom is -0.464 e. The van der Waals surface area contributed by atoms with E-state index in [1.807, 2.05) is 6.92 Å². The van der Waals surface area contributed by atoms with E-state index in [-0.39, 0.29) is 23.2 Å². The number of aromatic nitrogens is 2. The number of rotatable bonds is 7. The molecular formula is C17H25N3O4S. The topological polar surface area (TPSA) is 92.4 Å². The summed E-state index contributed by atoms with van der Waals surface area (Å²) in [6.45, 7) is 4.64. The molecule has 0 saturated carbocycles. The molecule has 0 bridgehead atoms. The second-order valence-electron chi connectivity index (χ2n) is 5.93. The Morgan fingerprint density at radius 1 is 1.40 bits per heavy atom. The first-order chi connectivity index (χ1) is 12.0. The smallest absolute Gasteiger partial charge is 0.328 e. The van der Waals surface area contributed by atoms with Gasteiger partial charge < -0.3 is 14.6 Å². The van der Waals surface area contributed by atoms with Gasteiger partial charge in [0.25, 0.3) is 5.56 Å². The maximum atomic E-state index is 12.6. The number of piperidine rings is 1. The lowest BCUT2D eigenvalue weighted by Gasteiger charge is -2.33. The second kappa shape index (κ2) is 9.60. The van der Waals surface area contributed by atoms with Gasteiger partial charge in [-0.1, -0.05) is 25.1 Å². The van der Waals surface area contributed by atoms with Crippen molar-refractivity contribution in [1.82, 2.24) is 14.9 Å². The highest BCUT2D eigenvalue weighted by Gasteiger charge is 2.32. The molecule has 0 spiro atoms. The minimum absolute atomic E-state index is 0.133. The van der Waals surface area contributed by atoms with Crippen molar-refractivity contribution in [2.24, 2.45) is 0 Å². The number of hydrogen-bond acceptors (Lipinski definition) is 6. The van der Waals surface area contributed by atoms with E-state index in [1.54, 1.807) is 11.8 Å². The number of thioether (sulfide) groups is 1. The Morgan fingerprint density at radius 2 is 2.20 bits per heavy atom. The molecule has 1 N–H and O–H groups in total. The van der Waals surface area contributed by atoms with E-state index >= 15 is 0 Å². The Balaban J connectivity index is 2.00. The van der Waals surface area contributed by atoms with E-state index in [1.165, 1.54) is 17.8 Å². The number of aryl methyl sites for hydroxylation is 1. The molecule has 1 aromatic heterocycles. The second-order valence-corrected chi connectivity index (χ2v) is 6.90. The minimum atomic E-state index is -0.500. The summed E-state index contributed by atoms with van der Waals surface area (Å²) in [7, 11) is 0. The Morgan fingerprint density at radius 3 is 2.92 bits per heavy atom. The molecule has 138 valence electrons. The summed E-state index contributed by atoms with van der Waals surface area (Å²) >= 11 is 1.19. The van der Waals surface area contributed by atoms with Gasteiger partial charge >= 0.3 is 5.97 Å². The molecule has 1 aliphatic rings. The summed E-state index contributed by atoms with van der Waals surface area (Å²) < 4.78 is 5.08. The molecule has 1 saturated heterocycles. The predicted molar refractivity (Wildman–Crippen MR) is 95.6 cm³/mol. The quantitative estimate of drug-likeness (QED) is 0.448. The number of carbonyl (C=O) groups excluding carboxylic acids is 2. The average Bonchev–Trinajstić information content (AvgIpc) is 2.60. The van der Waals surface area contributed by atoms with Crippen LogP contribution in [0.25, 0.3) is 0 Å². The molecule has 1 aromatic rings. The largest absolute Gasteiger partial charge is 0.464 e. The maximum absolute atomic E-state index is 12.6. The van der Waals surface area contributed by atoms with Crippen LogP contribution < -0.4 is 5.56 Å². The number of carbonyl (C=O) groups is 2. The van der Waals surface area contributed by atoms with Crippen molar-refractivity contribution in [3.63, 3.8) is 0 Å². The lowest BCUT2D eigenvalue weighted by atomic mass is 10.0. The highest BCUT2D eigenvalue weighted by molar-refractivity contribution is 7.99. The molecule has 7 nitrogen and oxygen atoms in total. The molecule has 0 aliphatic carbocycles. The zero-order valence-electron chi connectivity index (χ0n) is 14.7. The highest BCUT2D eigenvalue weighted by atomic mass is 32.2. The first kappa shape index (κ1) is 19.5. The van der Waals surface area contributed by atoms with Crippen LogP contribution in [0.15, 0.2) is 16.0 Å². The number of aromatic amines is 1. The van der Waals surface area contributed by atoms with Crippen LogP contribution in [0.2, 0.25) is 0 Å². The molecule has 0 aromatic carbocycles. The zero-order chi connectivity index (χ0) is 18.2. The fourth-order valence-corrected chi connectivity index (χ4v) is 3.64. The van der Waals surface area contributed by atoms with Crippen LogP contribution >= 0.6 is 11.8 Å². The molecular weight excluding hydrogens is 342 g/mol. The third kappa shape index (κ3) is 5.59. The Labute approximate surface area is 151 Å². The van der Waals surface area contributed by atoms with E-state index in [2.05, 4.69) is 9.97 Å². The monoisotopic (exact) mass is 367 g/mol. The fourth-order valence-electron chi connectivity index (χ4n) is 2.86. The van der Waals surface area contributed by atoms with E-state index in [0.717, 1.165) is 31.4 Å². The SMILES string of the molecule is CCCc1cc(=O)[nH]c(SCC(=O)N2CCCC[C@@H]2C(=O)OCC)n1. The van der Waals surface area contributed by atoms with Crippen molar-refractivity contribution in [3.8, 4) is 0 Å². The van der Waals surface area contributed by atoms with Crippen molar-refractivity contribution >= 4 is 23.6 Å².